The van der Waals surface area contributed by atoms with E-state index in [2.05, 4.69) is 17.0 Å². The normalized spacial score (nSPS) is 10.5. The second-order valence-corrected chi connectivity index (χ2v) is 4.97. The van der Waals surface area contributed by atoms with Crippen molar-refractivity contribution in [2.24, 2.45) is 0 Å². The zero-order valence-corrected chi connectivity index (χ0v) is 11.6. The molecule has 0 saturated heterocycles. The summed E-state index contributed by atoms with van der Waals surface area (Å²) in [6.07, 6.45) is 14.7. The monoisotopic (exact) mass is 278 g/mol. The van der Waals surface area contributed by atoms with Gasteiger partial charge in [-0.1, -0.05) is 18.9 Å². The van der Waals surface area contributed by atoms with E-state index in [0.29, 0.717) is 11.4 Å². The molecule has 0 aliphatic rings. The average molecular weight is 278 g/mol. The van der Waals surface area contributed by atoms with E-state index in [4.69, 9.17) is 11.6 Å². The van der Waals surface area contributed by atoms with Crippen LogP contribution < -0.4 is 5.48 Å². The molecule has 5 heteroatoms. The van der Waals surface area contributed by atoms with Crippen LogP contribution in [0.25, 0.3) is 6.08 Å². The molecular weight excluding hydrogens is 260 g/mol. The van der Waals surface area contributed by atoms with Crippen molar-refractivity contribution in [3.63, 3.8) is 0 Å². The molecule has 0 unspecified atom stereocenters. The first kappa shape index (κ1) is 15.4. The Kier molecular flexibility index (Phi) is 7.56. The summed E-state index contributed by atoms with van der Waals surface area (Å²) in [6, 6.07) is 0. The third kappa shape index (κ3) is 6.75. The SMILES string of the molecule is C#Cc1nc(/C=C\CCCCCCC(=O)NO)cs1. The van der Waals surface area contributed by atoms with Gasteiger partial charge in [0.2, 0.25) is 5.91 Å². The maximum Gasteiger partial charge on any atom is 0.243 e. The smallest absolute Gasteiger partial charge is 0.243 e. The molecule has 0 atom stereocenters. The van der Waals surface area contributed by atoms with Gasteiger partial charge in [0.15, 0.2) is 5.01 Å². The van der Waals surface area contributed by atoms with Crippen molar-refractivity contribution in [1.82, 2.24) is 10.5 Å². The number of rotatable bonds is 8. The summed E-state index contributed by atoms with van der Waals surface area (Å²) in [5.41, 5.74) is 2.55. The van der Waals surface area contributed by atoms with Crippen molar-refractivity contribution in [3.05, 3.63) is 22.2 Å². The highest BCUT2D eigenvalue weighted by atomic mass is 32.1. The van der Waals surface area contributed by atoms with E-state index in [1.54, 1.807) is 5.48 Å². The van der Waals surface area contributed by atoms with Gasteiger partial charge in [-0.2, -0.15) is 0 Å². The van der Waals surface area contributed by atoms with Crippen LogP contribution in [0.3, 0.4) is 0 Å². The van der Waals surface area contributed by atoms with Crippen molar-refractivity contribution in [1.29, 1.82) is 0 Å². The van der Waals surface area contributed by atoms with Crippen LogP contribution in [-0.2, 0) is 4.79 Å². The largest absolute Gasteiger partial charge is 0.289 e. The summed E-state index contributed by atoms with van der Waals surface area (Å²) in [4.78, 5) is 15.0. The van der Waals surface area contributed by atoms with Gasteiger partial charge >= 0.3 is 0 Å². The average Bonchev–Trinajstić information content (AvgIpc) is 2.89. The third-order valence-electron chi connectivity index (χ3n) is 2.58. The van der Waals surface area contributed by atoms with Gasteiger partial charge in [-0.15, -0.1) is 17.8 Å². The van der Waals surface area contributed by atoms with E-state index in [-0.39, 0.29) is 5.91 Å². The number of carbonyl (C=O) groups is 1. The Morgan fingerprint density at radius 1 is 1.47 bits per heavy atom. The van der Waals surface area contributed by atoms with Gasteiger partial charge < -0.3 is 0 Å². The molecule has 0 spiro atoms. The molecule has 1 heterocycles. The summed E-state index contributed by atoms with van der Waals surface area (Å²) < 4.78 is 0. The molecule has 0 fully saturated rings. The van der Waals surface area contributed by atoms with Crippen LogP contribution in [0.1, 0.15) is 49.2 Å². The predicted octanol–water partition coefficient (Wildman–Crippen LogP) is 2.98. The molecule has 0 radical (unpaired) electrons. The molecule has 1 amide bonds. The number of aromatic nitrogens is 1. The number of hydrogen-bond donors (Lipinski definition) is 2. The number of amides is 1. The van der Waals surface area contributed by atoms with Gasteiger partial charge in [0.25, 0.3) is 0 Å². The number of terminal acetylenes is 1. The van der Waals surface area contributed by atoms with Crippen LogP contribution in [0.5, 0.6) is 0 Å². The lowest BCUT2D eigenvalue weighted by atomic mass is 10.1. The standard InChI is InChI=1S/C14H18N2O2S/c1-2-14-15-12(11-19-14)9-7-5-3-4-6-8-10-13(17)16-18/h1,7,9,11,18H,3-6,8,10H2,(H,16,17)/b9-7-. The quantitative estimate of drug-likeness (QED) is 0.332. The summed E-state index contributed by atoms with van der Waals surface area (Å²) in [6.45, 7) is 0. The first-order valence-electron chi connectivity index (χ1n) is 6.28. The molecule has 1 aromatic rings. The molecule has 0 aliphatic carbocycles. The fourth-order valence-electron chi connectivity index (χ4n) is 1.59. The van der Waals surface area contributed by atoms with Gasteiger partial charge in [-0.25, -0.2) is 10.5 Å². The Labute approximate surface area is 117 Å². The Balaban J connectivity index is 2.04. The van der Waals surface area contributed by atoms with Crippen LogP contribution in [0, 0.1) is 12.3 Å². The molecule has 1 rings (SSSR count). The van der Waals surface area contributed by atoms with Crippen molar-refractivity contribution >= 4 is 23.3 Å². The van der Waals surface area contributed by atoms with Crippen LogP contribution in [0.2, 0.25) is 0 Å². The minimum atomic E-state index is -0.312. The van der Waals surface area contributed by atoms with Crippen LogP contribution in [0.4, 0.5) is 0 Å². The lowest BCUT2D eigenvalue weighted by Crippen LogP contribution is -2.17. The lowest BCUT2D eigenvalue weighted by Gasteiger charge is -1.98. The van der Waals surface area contributed by atoms with Crippen molar-refractivity contribution in [2.45, 2.75) is 38.5 Å². The first-order chi connectivity index (χ1) is 9.26. The number of carbonyl (C=O) groups excluding carboxylic acids is 1. The van der Waals surface area contributed by atoms with Crippen LogP contribution in [-0.4, -0.2) is 16.1 Å². The highest BCUT2D eigenvalue weighted by Gasteiger charge is 1.98. The highest BCUT2D eigenvalue weighted by Crippen LogP contribution is 2.11. The highest BCUT2D eigenvalue weighted by molar-refractivity contribution is 7.10. The minimum absolute atomic E-state index is 0.312. The molecule has 2 N–H and O–H groups in total. The molecule has 0 saturated carbocycles. The lowest BCUT2D eigenvalue weighted by molar-refractivity contribution is -0.129. The van der Waals surface area contributed by atoms with Gasteiger partial charge in [-0.05, 0) is 31.3 Å². The Morgan fingerprint density at radius 3 is 2.95 bits per heavy atom. The first-order valence-corrected chi connectivity index (χ1v) is 7.16. The van der Waals surface area contributed by atoms with Crippen molar-refractivity contribution in [2.75, 3.05) is 0 Å². The maximum absolute atomic E-state index is 10.7. The fraction of sp³-hybridized carbons (Fsp3) is 0.429. The topological polar surface area (TPSA) is 62.2 Å². The van der Waals surface area contributed by atoms with E-state index in [9.17, 15) is 4.79 Å². The second-order valence-electron chi connectivity index (χ2n) is 4.11. The number of nitrogens with zero attached hydrogens (tertiary/aromatic N) is 1. The van der Waals surface area contributed by atoms with Crippen molar-refractivity contribution in [3.8, 4) is 12.3 Å². The number of hydrogen-bond acceptors (Lipinski definition) is 4. The molecule has 19 heavy (non-hydrogen) atoms. The van der Waals surface area contributed by atoms with Gasteiger partial charge in [0, 0.05) is 11.8 Å². The number of nitrogens with one attached hydrogen (secondary N) is 1. The second kappa shape index (κ2) is 9.31. The molecule has 1 aromatic heterocycles. The number of thiazole rings is 1. The number of hydroxylamine groups is 1. The van der Waals surface area contributed by atoms with Gasteiger partial charge in [0.1, 0.15) is 0 Å². The zero-order valence-electron chi connectivity index (χ0n) is 10.8. The summed E-state index contributed by atoms with van der Waals surface area (Å²) in [5.74, 6) is 2.20. The van der Waals surface area contributed by atoms with E-state index >= 15 is 0 Å². The summed E-state index contributed by atoms with van der Waals surface area (Å²) >= 11 is 1.47. The van der Waals surface area contributed by atoms with Crippen LogP contribution >= 0.6 is 11.3 Å². The summed E-state index contributed by atoms with van der Waals surface area (Å²) in [5, 5.41) is 11.0. The number of unbranched alkanes of at least 4 members (excludes halogenated alkanes) is 4. The van der Waals surface area contributed by atoms with E-state index in [1.165, 1.54) is 11.3 Å². The molecule has 0 aromatic carbocycles. The van der Waals surface area contributed by atoms with Gasteiger partial charge in [0.05, 0.1) is 5.69 Å². The molecule has 0 bridgehead atoms. The Morgan fingerprint density at radius 2 is 2.26 bits per heavy atom. The fourth-order valence-corrected chi connectivity index (χ4v) is 2.18. The Bertz CT molecular complexity index is 460. The zero-order chi connectivity index (χ0) is 13.9. The van der Waals surface area contributed by atoms with Gasteiger partial charge in [-0.3, -0.25) is 10.0 Å². The van der Waals surface area contributed by atoms with E-state index in [1.807, 2.05) is 11.5 Å². The molecule has 0 aliphatic heterocycles. The molecular formula is C14H18N2O2S. The van der Waals surface area contributed by atoms with E-state index < -0.39 is 0 Å². The van der Waals surface area contributed by atoms with Crippen molar-refractivity contribution < 1.29 is 10.0 Å². The number of allylic oxidation sites excluding steroid dienone is 1. The van der Waals surface area contributed by atoms with Crippen LogP contribution in [0.15, 0.2) is 11.5 Å². The predicted molar refractivity (Wildman–Crippen MR) is 76.7 cm³/mol. The third-order valence-corrected chi connectivity index (χ3v) is 3.38. The Hall–Kier alpha value is -1.64. The molecule has 4 nitrogen and oxygen atoms in total. The summed E-state index contributed by atoms with van der Waals surface area (Å²) in [7, 11) is 0. The van der Waals surface area contributed by atoms with E-state index in [0.717, 1.165) is 37.8 Å². The minimum Gasteiger partial charge on any atom is -0.289 e. The maximum atomic E-state index is 10.7. The molecule has 102 valence electrons.